The third kappa shape index (κ3) is 32.8. The average molecular weight is 653 g/mol. The molecule has 0 spiro atoms. The zero-order valence-electron chi connectivity index (χ0n) is 30.5. The third-order valence-corrected chi connectivity index (χ3v) is 9.73. The van der Waals surface area contributed by atoms with Gasteiger partial charge in [-0.25, -0.2) is 4.48 Å². The Hall–Kier alpha value is -0.910. The van der Waals surface area contributed by atoms with Crippen molar-refractivity contribution in [1.29, 1.82) is 0 Å². The van der Waals surface area contributed by atoms with E-state index in [4.69, 9.17) is 0 Å². The van der Waals surface area contributed by atoms with Gasteiger partial charge in [-0.3, -0.25) is 4.55 Å². The number of hydrogen-bond acceptors (Lipinski definition) is 2. The summed E-state index contributed by atoms with van der Waals surface area (Å²) in [6, 6.07) is 0. The predicted octanol–water partition coefficient (Wildman–Crippen LogP) is 14.0. The van der Waals surface area contributed by atoms with E-state index in [1.807, 2.05) is 18.6 Å². The Morgan fingerprint density at radius 1 is 0.400 bits per heavy atom. The standard InChI is InChI=1S/C40H77NO3S/c1-4-7-10-13-16-19-22-25-28-31-34-37-41(40-45(42,43)44,38-35-32-29-26-23-20-17-14-11-8-5-2)39-36-33-30-27-24-21-18-15-12-9-6-3/h34-39H,4-33,40H2,1-3H3/p+1/b37-34+,38-35+,39-36+. The van der Waals surface area contributed by atoms with Crippen molar-refractivity contribution in [2.75, 3.05) is 5.88 Å². The second kappa shape index (κ2) is 33.0. The first-order valence-electron chi connectivity index (χ1n) is 19.7. The molecule has 0 unspecified atom stereocenters. The van der Waals surface area contributed by atoms with Crippen LogP contribution in [0.25, 0.3) is 0 Å². The van der Waals surface area contributed by atoms with E-state index < -0.39 is 10.1 Å². The molecule has 0 saturated carbocycles. The minimum Gasteiger partial charge on any atom is -0.281 e. The fourth-order valence-electron chi connectivity index (χ4n) is 6.09. The Balaban J connectivity index is 4.96. The highest BCUT2D eigenvalue weighted by molar-refractivity contribution is 7.85. The number of allylic oxidation sites excluding steroid dienone is 3. The molecule has 4 nitrogen and oxygen atoms in total. The summed E-state index contributed by atoms with van der Waals surface area (Å²) < 4.78 is 34.4. The molecule has 0 aromatic carbocycles. The van der Waals surface area contributed by atoms with Crippen LogP contribution in [0, 0.1) is 0 Å². The monoisotopic (exact) mass is 653 g/mol. The molecule has 0 bridgehead atoms. The Bertz CT molecular complexity index is 724. The molecule has 0 aromatic rings. The minimum atomic E-state index is -4.16. The summed E-state index contributed by atoms with van der Waals surface area (Å²) in [6.07, 6.45) is 50.3. The van der Waals surface area contributed by atoms with Crippen LogP contribution < -0.4 is 0 Å². The van der Waals surface area contributed by atoms with Gasteiger partial charge in [-0.15, -0.1) is 0 Å². The zero-order chi connectivity index (χ0) is 33.2. The van der Waals surface area contributed by atoms with E-state index in [2.05, 4.69) is 39.0 Å². The number of rotatable bonds is 35. The second-order valence-corrected chi connectivity index (χ2v) is 15.1. The maximum absolute atomic E-state index is 12.2. The van der Waals surface area contributed by atoms with Gasteiger partial charge in [-0.05, 0) is 56.8 Å². The smallest absolute Gasteiger partial charge is 0.281 e. The maximum Gasteiger partial charge on any atom is 0.317 e. The van der Waals surface area contributed by atoms with Crippen LogP contribution in [0.2, 0.25) is 0 Å². The largest absolute Gasteiger partial charge is 0.317 e. The van der Waals surface area contributed by atoms with Crippen LogP contribution in [0.3, 0.4) is 0 Å². The van der Waals surface area contributed by atoms with Gasteiger partial charge < -0.3 is 0 Å². The first kappa shape index (κ1) is 44.1. The fourth-order valence-corrected chi connectivity index (χ4v) is 6.92. The molecule has 0 saturated heterocycles. The van der Waals surface area contributed by atoms with Crippen LogP contribution in [-0.2, 0) is 10.1 Å². The minimum absolute atomic E-state index is 0.0467. The molecule has 0 amide bonds. The Labute approximate surface area is 283 Å². The van der Waals surface area contributed by atoms with Gasteiger partial charge in [0.15, 0.2) is 0 Å². The number of hydrogen-bond donors (Lipinski definition) is 1. The second-order valence-electron chi connectivity index (χ2n) is 13.7. The fraction of sp³-hybridized carbons (Fsp3) is 0.850. The molecule has 0 aliphatic rings. The molecule has 266 valence electrons. The quantitative estimate of drug-likeness (QED) is 0.0421. The summed E-state index contributed by atoms with van der Waals surface area (Å²) in [6.45, 7) is 6.79. The molecule has 0 aliphatic carbocycles. The number of quaternary nitrogens is 1. The summed E-state index contributed by atoms with van der Waals surface area (Å²) in [5.41, 5.74) is 0. The normalized spacial score (nSPS) is 12.9. The molecule has 0 rings (SSSR count). The average Bonchev–Trinajstić information content (AvgIpc) is 3.00. The Kier molecular flexibility index (Phi) is 32.3. The lowest BCUT2D eigenvalue weighted by atomic mass is 10.1. The molecule has 0 atom stereocenters. The SMILES string of the molecule is CCCCCCCCCCC/C=C/[N+](/C=C/CCCCCCCCCCC)(/C=C/CCCCCCCCCCC)CS(=O)(=O)O. The van der Waals surface area contributed by atoms with Crippen LogP contribution in [-0.4, -0.2) is 23.3 Å². The van der Waals surface area contributed by atoms with Crippen LogP contribution in [0.4, 0.5) is 0 Å². The van der Waals surface area contributed by atoms with E-state index >= 15 is 0 Å². The Morgan fingerprint density at radius 3 is 0.844 bits per heavy atom. The molecular weight excluding hydrogens is 575 g/mol. The molecule has 5 heteroatoms. The molecule has 0 aliphatic heterocycles. The lowest BCUT2D eigenvalue weighted by molar-refractivity contribution is -0.760. The molecule has 1 N–H and O–H groups in total. The first-order valence-corrected chi connectivity index (χ1v) is 21.4. The van der Waals surface area contributed by atoms with Gasteiger partial charge in [0.2, 0.25) is 5.88 Å². The van der Waals surface area contributed by atoms with Crippen LogP contribution >= 0.6 is 0 Å². The van der Waals surface area contributed by atoms with Gasteiger partial charge >= 0.3 is 10.1 Å². The summed E-state index contributed by atoms with van der Waals surface area (Å²) in [4.78, 5) is 0. The summed E-state index contributed by atoms with van der Waals surface area (Å²) in [5, 5.41) is 0. The van der Waals surface area contributed by atoms with Crippen molar-refractivity contribution < 1.29 is 17.5 Å². The van der Waals surface area contributed by atoms with E-state index in [1.165, 1.54) is 154 Å². The van der Waals surface area contributed by atoms with Gasteiger partial charge in [0, 0.05) is 0 Å². The van der Waals surface area contributed by atoms with E-state index in [9.17, 15) is 13.0 Å². The van der Waals surface area contributed by atoms with E-state index in [-0.39, 0.29) is 10.4 Å². The van der Waals surface area contributed by atoms with E-state index in [0.717, 1.165) is 38.5 Å². The third-order valence-electron chi connectivity index (χ3n) is 8.96. The highest BCUT2D eigenvalue weighted by Crippen LogP contribution is 2.19. The lowest BCUT2D eigenvalue weighted by Crippen LogP contribution is -2.36. The van der Waals surface area contributed by atoms with E-state index in [1.54, 1.807) is 0 Å². The molecule has 45 heavy (non-hydrogen) atoms. The lowest BCUT2D eigenvalue weighted by Gasteiger charge is -2.25. The van der Waals surface area contributed by atoms with Crippen LogP contribution in [0.1, 0.15) is 213 Å². The Morgan fingerprint density at radius 2 is 0.622 bits per heavy atom. The van der Waals surface area contributed by atoms with Crippen LogP contribution in [0.15, 0.2) is 36.8 Å². The van der Waals surface area contributed by atoms with Crippen molar-refractivity contribution in [3.05, 3.63) is 36.8 Å². The first-order chi connectivity index (χ1) is 21.9. The van der Waals surface area contributed by atoms with Crippen LogP contribution in [0.5, 0.6) is 0 Å². The van der Waals surface area contributed by atoms with Crippen molar-refractivity contribution in [1.82, 2.24) is 0 Å². The molecule has 0 aromatic heterocycles. The predicted molar refractivity (Wildman–Crippen MR) is 200 cm³/mol. The molecular formula is C40H78NO3S+. The van der Waals surface area contributed by atoms with Gasteiger partial charge in [-0.1, -0.05) is 175 Å². The van der Waals surface area contributed by atoms with Crippen molar-refractivity contribution in [2.24, 2.45) is 0 Å². The van der Waals surface area contributed by atoms with Crippen molar-refractivity contribution >= 4 is 10.1 Å². The van der Waals surface area contributed by atoms with Crippen molar-refractivity contribution in [3.8, 4) is 0 Å². The number of nitrogens with zero attached hydrogens (tertiary/aromatic N) is 1. The highest BCUT2D eigenvalue weighted by Gasteiger charge is 2.26. The number of unbranched alkanes of at least 4 members (excludes halogenated alkanes) is 27. The van der Waals surface area contributed by atoms with Gasteiger partial charge in [0.1, 0.15) is 18.6 Å². The molecule has 0 heterocycles. The molecule has 0 fully saturated rings. The van der Waals surface area contributed by atoms with Crippen molar-refractivity contribution in [3.63, 3.8) is 0 Å². The summed E-state index contributed by atoms with van der Waals surface area (Å²) in [7, 11) is -4.16. The topological polar surface area (TPSA) is 54.4 Å². The van der Waals surface area contributed by atoms with Gasteiger partial charge in [0.05, 0.1) is 0 Å². The summed E-state index contributed by atoms with van der Waals surface area (Å²) in [5.74, 6) is -0.343. The molecule has 0 radical (unpaired) electrons. The van der Waals surface area contributed by atoms with Gasteiger partial charge in [0.25, 0.3) is 0 Å². The maximum atomic E-state index is 12.2. The highest BCUT2D eigenvalue weighted by atomic mass is 32.2. The van der Waals surface area contributed by atoms with E-state index in [0.29, 0.717) is 0 Å². The van der Waals surface area contributed by atoms with Crippen molar-refractivity contribution in [2.45, 2.75) is 213 Å². The summed E-state index contributed by atoms with van der Waals surface area (Å²) >= 11 is 0. The zero-order valence-corrected chi connectivity index (χ0v) is 31.3. The van der Waals surface area contributed by atoms with Gasteiger partial charge in [-0.2, -0.15) is 8.42 Å².